The molecule has 4 nitrogen and oxygen atoms in total. The van der Waals surface area contributed by atoms with Crippen LogP contribution in [-0.2, 0) is 11.3 Å². The van der Waals surface area contributed by atoms with E-state index in [1.807, 2.05) is 42.6 Å². The van der Waals surface area contributed by atoms with Crippen molar-refractivity contribution in [1.29, 1.82) is 0 Å². The van der Waals surface area contributed by atoms with Gasteiger partial charge >= 0.3 is 0 Å². The predicted molar refractivity (Wildman–Crippen MR) is 112 cm³/mol. The minimum atomic E-state index is 0.00132. The van der Waals surface area contributed by atoms with Gasteiger partial charge in [0.2, 0.25) is 5.91 Å². The van der Waals surface area contributed by atoms with Crippen LogP contribution in [0, 0.1) is 11.8 Å². The molecule has 1 atom stereocenters. The van der Waals surface area contributed by atoms with E-state index in [1.54, 1.807) is 0 Å². The molecule has 0 radical (unpaired) electrons. The molecule has 1 aromatic carbocycles. The fraction of sp³-hybridized carbons (Fsp3) is 0.455. The first-order valence-electron chi connectivity index (χ1n) is 9.98. The Kier molecular flexibility index (Phi) is 6.19. The lowest BCUT2D eigenvalue weighted by atomic mass is 9.87. The van der Waals surface area contributed by atoms with Crippen molar-refractivity contribution in [2.24, 2.45) is 11.8 Å². The first-order chi connectivity index (χ1) is 13.6. The summed E-state index contributed by atoms with van der Waals surface area (Å²) in [6.45, 7) is 2.85. The van der Waals surface area contributed by atoms with E-state index in [-0.39, 0.29) is 17.9 Å². The summed E-state index contributed by atoms with van der Waals surface area (Å²) in [5.41, 5.74) is 2.15. The molecule has 2 fully saturated rings. The van der Waals surface area contributed by atoms with E-state index in [1.165, 1.54) is 5.56 Å². The van der Waals surface area contributed by atoms with Gasteiger partial charge < -0.3 is 5.32 Å². The highest BCUT2D eigenvalue weighted by molar-refractivity contribution is 6.42. The van der Waals surface area contributed by atoms with E-state index in [4.69, 9.17) is 23.2 Å². The maximum absolute atomic E-state index is 12.4. The van der Waals surface area contributed by atoms with Crippen LogP contribution in [0.2, 0.25) is 10.0 Å². The Bertz CT molecular complexity index is 818. The molecule has 1 aromatic heterocycles. The normalized spacial score (nSPS) is 19.4. The van der Waals surface area contributed by atoms with Crippen LogP contribution in [0.5, 0.6) is 0 Å². The average molecular weight is 418 g/mol. The van der Waals surface area contributed by atoms with Gasteiger partial charge in [0.15, 0.2) is 0 Å². The molecule has 2 aromatic rings. The Hall–Kier alpha value is -1.62. The lowest BCUT2D eigenvalue weighted by Gasteiger charge is -2.36. The van der Waals surface area contributed by atoms with E-state index >= 15 is 0 Å². The fourth-order valence-electron chi connectivity index (χ4n) is 3.95. The SMILES string of the molecule is O=C(N[C@H](c1ccccn1)C1CCN(Cc2ccc(Cl)c(Cl)c2)CC1)C1CC1. The van der Waals surface area contributed by atoms with Crippen LogP contribution < -0.4 is 5.32 Å². The van der Waals surface area contributed by atoms with Gasteiger partial charge in [-0.05, 0) is 74.5 Å². The number of nitrogens with one attached hydrogen (secondary N) is 1. The number of pyridine rings is 1. The quantitative estimate of drug-likeness (QED) is 0.728. The van der Waals surface area contributed by atoms with Gasteiger partial charge in [0.25, 0.3) is 0 Å². The number of likely N-dealkylation sites (tertiary alicyclic amines) is 1. The molecule has 2 aliphatic rings. The number of piperidine rings is 1. The molecule has 1 aliphatic carbocycles. The van der Waals surface area contributed by atoms with Gasteiger partial charge in [-0.1, -0.05) is 35.3 Å². The van der Waals surface area contributed by atoms with Crippen LogP contribution in [-0.4, -0.2) is 28.9 Å². The maximum Gasteiger partial charge on any atom is 0.223 e. The van der Waals surface area contributed by atoms with Gasteiger partial charge in [-0.25, -0.2) is 0 Å². The summed E-state index contributed by atoms with van der Waals surface area (Å²) in [6.07, 6.45) is 5.91. The second-order valence-electron chi connectivity index (χ2n) is 7.88. The number of benzene rings is 1. The van der Waals surface area contributed by atoms with Crippen molar-refractivity contribution in [2.75, 3.05) is 13.1 Å². The van der Waals surface area contributed by atoms with Gasteiger partial charge in [0, 0.05) is 18.7 Å². The standard InChI is InChI=1S/C22H25Cl2N3O/c23-18-7-4-15(13-19(18)24)14-27-11-8-16(9-12-27)21(20-3-1-2-10-25-20)26-22(28)17-5-6-17/h1-4,7,10,13,16-17,21H,5-6,8-9,11-12,14H2,(H,26,28)/t21-/m0/s1. The van der Waals surface area contributed by atoms with Gasteiger partial charge in [0.1, 0.15) is 0 Å². The molecule has 0 spiro atoms. The van der Waals surface area contributed by atoms with E-state index in [2.05, 4.69) is 15.2 Å². The molecular formula is C22H25Cl2N3O. The number of carbonyl (C=O) groups is 1. The Morgan fingerprint density at radius 3 is 2.54 bits per heavy atom. The molecule has 1 saturated carbocycles. The number of hydrogen-bond acceptors (Lipinski definition) is 3. The van der Waals surface area contributed by atoms with E-state index < -0.39 is 0 Å². The van der Waals surface area contributed by atoms with Crippen molar-refractivity contribution in [1.82, 2.24) is 15.2 Å². The number of amides is 1. The average Bonchev–Trinajstić information content (AvgIpc) is 3.56. The van der Waals surface area contributed by atoms with Crippen molar-refractivity contribution in [3.8, 4) is 0 Å². The highest BCUT2D eigenvalue weighted by Gasteiger charge is 2.35. The number of aromatic nitrogens is 1. The number of rotatable bonds is 6. The van der Waals surface area contributed by atoms with Gasteiger partial charge in [0.05, 0.1) is 21.8 Å². The third kappa shape index (κ3) is 4.86. The molecule has 28 heavy (non-hydrogen) atoms. The van der Waals surface area contributed by atoms with Crippen molar-refractivity contribution in [3.63, 3.8) is 0 Å². The molecule has 1 saturated heterocycles. The molecule has 2 heterocycles. The second kappa shape index (κ2) is 8.81. The zero-order valence-electron chi connectivity index (χ0n) is 15.8. The zero-order chi connectivity index (χ0) is 19.5. The Morgan fingerprint density at radius 2 is 1.89 bits per heavy atom. The highest BCUT2D eigenvalue weighted by Crippen LogP contribution is 2.34. The topological polar surface area (TPSA) is 45.2 Å². The molecule has 1 N–H and O–H groups in total. The Morgan fingerprint density at radius 1 is 1.11 bits per heavy atom. The summed E-state index contributed by atoms with van der Waals surface area (Å²) in [7, 11) is 0. The third-order valence-electron chi connectivity index (χ3n) is 5.75. The van der Waals surface area contributed by atoms with E-state index in [0.717, 1.165) is 51.0 Å². The summed E-state index contributed by atoms with van der Waals surface area (Å²) >= 11 is 12.2. The molecule has 1 amide bonds. The number of hydrogen-bond donors (Lipinski definition) is 1. The smallest absolute Gasteiger partial charge is 0.223 e. The summed E-state index contributed by atoms with van der Waals surface area (Å²) in [6, 6.07) is 11.8. The van der Waals surface area contributed by atoms with Crippen LogP contribution >= 0.6 is 23.2 Å². The summed E-state index contributed by atoms with van der Waals surface area (Å²) in [5.74, 6) is 0.803. The molecule has 6 heteroatoms. The Balaban J connectivity index is 1.39. The first-order valence-corrected chi connectivity index (χ1v) is 10.7. The van der Waals surface area contributed by atoms with Crippen molar-refractivity contribution < 1.29 is 4.79 Å². The summed E-state index contributed by atoms with van der Waals surface area (Å²) in [4.78, 5) is 19.4. The van der Waals surface area contributed by atoms with Crippen LogP contribution in [0.1, 0.15) is 43.0 Å². The van der Waals surface area contributed by atoms with Gasteiger partial charge in [-0.3, -0.25) is 14.7 Å². The van der Waals surface area contributed by atoms with Crippen molar-refractivity contribution in [2.45, 2.75) is 38.3 Å². The third-order valence-corrected chi connectivity index (χ3v) is 6.49. The molecule has 0 bridgehead atoms. The number of halogens is 2. The maximum atomic E-state index is 12.4. The predicted octanol–water partition coefficient (Wildman–Crippen LogP) is 4.87. The molecule has 4 rings (SSSR count). The van der Waals surface area contributed by atoms with Crippen LogP contribution in [0.25, 0.3) is 0 Å². The molecular weight excluding hydrogens is 393 g/mol. The highest BCUT2D eigenvalue weighted by atomic mass is 35.5. The summed E-state index contributed by atoms with van der Waals surface area (Å²) in [5, 5.41) is 4.49. The Labute approximate surface area is 176 Å². The number of nitrogens with zero attached hydrogens (tertiary/aromatic N) is 2. The first kappa shape index (κ1) is 19.7. The van der Waals surface area contributed by atoms with Crippen LogP contribution in [0.4, 0.5) is 0 Å². The fourth-order valence-corrected chi connectivity index (χ4v) is 4.27. The van der Waals surface area contributed by atoms with Crippen molar-refractivity contribution >= 4 is 29.1 Å². The number of carbonyl (C=O) groups excluding carboxylic acids is 1. The van der Waals surface area contributed by atoms with E-state index in [9.17, 15) is 4.79 Å². The minimum absolute atomic E-state index is 0.00132. The second-order valence-corrected chi connectivity index (χ2v) is 8.69. The van der Waals surface area contributed by atoms with Gasteiger partial charge in [-0.15, -0.1) is 0 Å². The van der Waals surface area contributed by atoms with Gasteiger partial charge in [-0.2, -0.15) is 0 Å². The minimum Gasteiger partial charge on any atom is -0.347 e. The van der Waals surface area contributed by atoms with Crippen LogP contribution in [0.15, 0.2) is 42.6 Å². The monoisotopic (exact) mass is 417 g/mol. The zero-order valence-corrected chi connectivity index (χ0v) is 17.3. The molecule has 0 unspecified atom stereocenters. The van der Waals surface area contributed by atoms with Crippen LogP contribution in [0.3, 0.4) is 0 Å². The molecule has 1 aliphatic heterocycles. The molecule has 148 valence electrons. The van der Waals surface area contributed by atoms with E-state index in [0.29, 0.717) is 16.0 Å². The summed E-state index contributed by atoms with van der Waals surface area (Å²) < 4.78 is 0. The largest absolute Gasteiger partial charge is 0.347 e. The lowest BCUT2D eigenvalue weighted by Crippen LogP contribution is -2.41. The van der Waals surface area contributed by atoms with Crippen molar-refractivity contribution in [3.05, 3.63) is 63.9 Å². The lowest BCUT2D eigenvalue weighted by molar-refractivity contribution is -0.123.